The maximum Gasteiger partial charge on any atom is 0.309 e. The molecule has 1 unspecified atom stereocenters. The van der Waals surface area contributed by atoms with Crippen LogP contribution in [0.15, 0.2) is 12.7 Å². The van der Waals surface area contributed by atoms with E-state index in [0.29, 0.717) is 0 Å². The Morgan fingerprint density at radius 1 is 1.59 bits per heavy atom. The first-order chi connectivity index (χ1) is 7.98. The first-order valence-electron chi connectivity index (χ1n) is 6.55. The van der Waals surface area contributed by atoms with Gasteiger partial charge in [0.15, 0.2) is 0 Å². The zero-order valence-electron chi connectivity index (χ0n) is 11.1. The molecule has 1 heterocycles. The summed E-state index contributed by atoms with van der Waals surface area (Å²) in [5.41, 5.74) is -0.600. The van der Waals surface area contributed by atoms with Crippen LogP contribution >= 0.6 is 0 Å². The number of hydrogen-bond donors (Lipinski definition) is 1. The third kappa shape index (κ3) is 3.84. The maximum absolute atomic E-state index is 11.3. The monoisotopic (exact) mass is 239 g/mol. The molecule has 0 amide bonds. The van der Waals surface area contributed by atoms with Crippen LogP contribution in [-0.2, 0) is 4.79 Å². The predicted octanol–water partition coefficient (Wildman–Crippen LogP) is 2.78. The Morgan fingerprint density at radius 3 is 2.88 bits per heavy atom. The number of hydrogen-bond acceptors (Lipinski definition) is 2. The second-order valence-corrected chi connectivity index (χ2v) is 5.60. The van der Waals surface area contributed by atoms with E-state index in [1.165, 1.54) is 0 Å². The Labute approximate surface area is 105 Å². The molecule has 0 aromatic carbocycles. The third-order valence-electron chi connectivity index (χ3n) is 3.96. The van der Waals surface area contributed by atoms with Crippen LogP contribution in [0.3, 0.4) is 0 Å². The van der Waals surface area contributed by atoms with Crippen molar-refractivity contribution in [1.82, 2.24) is 4.90 Å². The van der Waals surface area contributed by atoms with E-state index < -0.39 is 11.4 Å². The molecule has 1 fully saturated rings. The number of piperidine rings is 1. The number of nitrogens with zero attached hydrogens (tertiary/aromatic N) is 1. The van der Waals surface area contributed by atoms with E-state index in [1.54, 1.807) is 0 Å². The van der Waals surface area contributed by atoms with Gasteiger partial charge in [0.2, 0.25) is 0 Å². The minimum Gasteiger partial charge on any atom is -0.481 e. The standard InChI is InChI=1S/C14H25NO2/c1-4-5-6-9-15-10-7-8-12(11-15)14(2,3)13(16)17/h4,12H,1,5-11H2,2-3H3,(H,16,17). The zero-order valence-corrected chi connectivity index (χ0v) is 11.1. The number of allylic oxidation sites excluding steroid dienone is 1. The van der Waals surface area contributed by atoms with Gasteiger partial charge in [-0.05, 0) is 58.5 Å². The molecule has 0 saturated carbocycles. The van der Waals surface area contributed by atoms with E-state index in [9.17, 15) is 9.90 Å². The minimum absolute atomic E-state index is 0.275. The zero-order chi connectivity index (χ0) is 12.9. The fourth-order valence-corrected chi connectivity index (χ4v) is 2.48. The van der Waals surface area contributed by atoms with Crippen molar-refractivity contribution in [3.8, 4) is 0 Å². The molecular weight excluding hydrogens is 214 g/mol. The molecule has 1 rings (SSSR count). The second kappa shape index (κ2) is 6.20. The van der Waals surface area contributed by atoms with Crippen molar-refractivity contribution >= 4 is 5.97 Å². The fraction of sp³-hybridized carbons (Fsp3) is 0.786. The number of likely N-dealkylation sites (tertiary alicyclic amines) is 1. The van der Waals surface area contributed by atoms with Gasteiger partial charge in [0.1, 0.15) is 0 Å². The molecule has 98 valence electrons. The van der Waals surface area contributed by atoms with Crippen LogP contribution in [0.4, 0.5) is 0 Å². The summed E-state index contributed by atoms with van der Waals surface area (Å²) in [7, 11) is 0. The topological polar surface area (TPSA) is 40.5 Å². The van der Waals surface area contributed by atoms with Crippen LogP contribution in [-0.4, -0.2) is 35.6 Å². The minimum atomic E-state index is -0.671. The van der Waals surface area contributed by atoms with Crippen molar-refractivity contribution in [2.45, 2.75) is 39.5 Å². The van der Waals surface area contributed by atoms with E-state index in [0.717, 1.165) is 45.3 Å². The van der Waals surface area contributed by atoms with Crippen molar-refractivity contribution in [2.75, 3.05) is 19.6 Å². The van der Waals surface area contributed by atoms with Crippen molar-refractivity contribution in [3.63, 3.8) is 0 Å². The quantitative estimate of drug-likeness (QED) is 0.572. The van der Waals surface area contributed by atoms with Gasteiger partial charge >= 0.3 is 5.97 Å². The molecule has 0 bridgehead atoms. The predicted molar refractivity (Wildman–Crippen MR) is 70.0 cm³/mol. The van der Waals surface area contributed by atoms with Gasteiger partial charge in [-0.1, -0.05) is 6.08 Å². The molecule has 0 spiro atoms. The lowest BCUT2D eigenvalue weighted by Gasteiger charge is -2.39. The summed E-state index contributed by atoms with van der Waals surface area (Å²) in [5, 5.41) is 9.26. The third-order valence-corrected chi connectivity index (χ3v) is 3.96. The van der Waals surface area contributed by atoms with Gasteiger partial charge in [0, 0.05) is 6.54 Å². The highest BCUT2D eigenvalue weighted by Gasteiger charge is 2.38. The summed E-state index contributed by atoms with van der Waals surface area (Å²) < 4.78 is 0. The van der Waals surface area contributed by atoms with Gasteiger partial charge in [0.25, 0.3) is 0 Å². The summed E-state index contributed by atoms with van der Waals surface area (Å²) in [4.78, 5) is 13.7. The van der Waals surface area contributed by atoms with Crippen molar-refractivity contribution < 1.29 is 9.90 Å². The average Bonchev–Trinajstić information content (AvgIpc) is 2.29. The molecule has 17 heavy (non-hydrogen) atoms. The number of unbranched alkanes of at least 4 members (excludes halogenated alkanes) is 1. The Hall–Kier alpha value is -0.830. The number of rotatable bonds is 6. The lowest BCUT2D eigenvalue weighted by atomic mass is 9.74. The van der Waals surface area contributed by atoms with E-state index >= 15 is 0 Å². The summed E-state index contributed by atoms with van der Waals surface area (Å²) in [6, 6.07) is 0. The van der Waals surface area contributed by atoms with Crippen LogP contribution in [0.1, 0.15) is 39.5 Å². The molecule has 0 aliphatic carbocycles. The Morgan fingerprint density at radius 2 is 2.29 bits per heavy atom. The lowest BCUT2D eigenvalue weighted by molar-refractivity contribution is -0.151. The highest BCUT2D eigenvalue weighted by atomic mass is 16.4. The van der Waals surface area contributed by atoms with E-state index in [-0.39, 0.29) is 5.92 Å². The highest BCUT2D eigenvalue weighted by Crippen LogP contribution is 2.34. The summed E-state index contributed by atoms with van der Waals surface area (Å²) in [5.74, 6) is -0.395. The lowest BCUT2D eigenvalue weighted by Crippen LogP contribution is -2.44. The fourth-order valence-electron chi connectivity index (χ4n) is 2.48. The Kier molecular flexibility index (Phi) is 5.19. The number of aliphatic carboxylic acids is 1. The molecule has 0 aromatic heterocycles. The number of carbonyl (C=O) groups is 1. The van der Waals surface area contributed by atoms with Gasteiger partial charge < -0.3 is 10.0 Å². The Bertz CT molecular complexity index is 273. The number of carboxylic acid groups (broad SMARTS) is 1. The van der Waals surface area contributed by atoms with Crippen LogP contribution in [0.5, 0.6) is 0 Å². The smallest absolute Gasteiger partial charge is 0.309 e. The molecule has 0 aromatic rings. The number of carboxylic acids is 1. The van der Waals surface area contributed by atoms with Crippen LogP contribution < -0.4 is 0 Å². The Balaban J connectivity index is 2.48. The molecular formula is C14H25NO2. The average molecular weight is 239 g/mol. The molecule has 1 aliphatic rings. The second-order valence-electron chi connectivity index (χ2n) is 5.60. The first kappa shape index (κ1) is 14.2. The normalized spacial score (nSPS) is 22.4. The SMILES string of the molecule is C=CCCCN1CCCC(C(C)(C)C(=O)O)C1. The molecule has 3 heteroatoms. The van der Waals surface area contributed by atoms with Crippen LogP contribution in [0, 0.1) is 11.3 Å². The summed E-state index contributed by atoms with van der Waals surface area (Å²) in [6.07, 6.45) is 6.28. The molecule has 1 atom stereocenters. The van der Waals surface area contributed by atoms with Gasteiger partial charge in [-0.25, -0.2) is 0 Å². The van der Waals surface area contributed by atoms with E-state index in [1.807, 2.05) is 19.9 Å². The molecule has 0 radical (unpaired) electrons. The molecule has 1 N–H and O–H groups in total. The first-order valence-corrected chi connectivity index (χ1v) is 6.55. The van der Waals surface area contributed by atoms with Gasteiger partial charge in [-0.15, -0.1) is 6.58 Å². The molecule has 1 saturated heterocycles. The molecule has 1 aliphatic heterocycles. The van der Waals surface area contributed by atoms with Crippen molar-refractivity contribution in [2.24, 2.45) is 11.3 Å². The molecule has 3 nitrogen and oxygen atoms in total. The van der Waals surface area contributed by atoms with E-state index in [4.69, 9.17) is 0 Å². The summed E-state index contributed by atoms with van der Waals surface area (Å²) in [6.45, 7) is 10.5. The summed E-state index contributed by atoms with van der Waals surface area (Å²) >= 11 is 0. The van der Waals surface area contributed by atoms with Gasteiger partial charge in [0.05, 0.1) is 5.41 Å². The van der Waals surface area contributed by atoms with E-state index in [2.05, 4.69) is 11.5 Å². The van der Waals surface area contributed by atoms with Crippen LogP contribution in [0.25, 0.3) is 0 Å². The van der Waals surface area contributed by atoms with Crippen molar-refractivity contribution in [1.29, 1.82) is 0 Å². The van der Waals surface area contributed by atoms with Crippen molar-refractivity contribution in [3.05, 3.63) is 12.7 Å². The maximum atomic E-state index is 11.3. The van der Waals surface area contributed by atoms with Crippen LogP contribution in [0.2, 0.25) is 0 Å². The highest BCUT2D eigenvalue weighted by molar-refractivity contribution is 5.74. The largest absolute Gasteiger partial charge is 0.481 e. The van der Waals surface area contributed by atoms with Gasteiger partial charge in [-0.2, -0.15) is 0 Å². The van der Waals surface area contributed by atoms with Gasteiger partial charge in [-0.3, -0.25) is 4.79 Å².